The fourth-order valence-electron chi connectivity index (χ4n) is 2.28. The van der Waals surface area contributed by atoms with E-state index in [0.29, 0.717) is 30.3 Å². The van der Waals surface area contributed by atoms with E-state index in [1.165, 1.54) is 12.1 Å². The van der Waals surface area contributed by atoms with Crippen molar-refractivity contribution in [2.45, 2.75) is 6.42 Å². The summed E-state index contributed by atoms with van der Waals surface area (Å²) >= 11 is 5.63. The van der Waals surface area contributed by atoms with Gasteiger partial charge in [-0.05, 0) is 36.4 Å². The number of hydrogen-bond donors (Lipinski definition) is 0. The summed E-state index contributed by atoms with van der Waals surface area (Å²) < 4.78 is 29.6. The van der Waals surface area contributed by atoms with Gasteiger partial charge in [-0.25, -0.2) is 9.18 Å². The molecule has 2 aromatic rings. The lowest BCUT2D eigenvalue weighted by molar-refractivity contribution is 0.0470. The van der Waals surface area contributed by atoms with Crippen LogP contribution < -0.4 is 9.47 Å². The smallest absolute Gasteiger partial charge is 0.341 e. The molecule has 0 N–H and O–H groups in total. The van der Waals surface area contributed by atoms with Crippen LogP contribution >= 0.6 is 11.6 Å². The maximum atomic E-state index is 13.7. The molecule has 5 nitrogen and oxygen atoms in total. The lowest BCUT2D eigenvalue weighted by Gasteiger charge is -2.09. The maximum Gasteiger partial charge on any atom is 0.341 e. The van der Waals surface area contributed by atoms with Crippen LogP contribution in [-0.2, 0) is 4.74 Å². The second-order valence-electron chi connectivity index (χ2n) is 5.34. The fraction of sp³-hybridized carbons (Fsp3) is 0.222. The lowest BCUT2D eigenvalue weighted by Crippen LogP contribution is -2.15. The third-order valence-corrected chi connectivity index (χ3v) is 3.79. The third kappa shape index (κ3) is 4.09. The zero-order valence-electron chi connectivity index (χ0n) is 13.1. The van der Waals surface area contributed by atoms with Crippen LogP contribution in [0.4, 0.5) is 4.39 Å². The van der Waals surface area contributed by atoms with Gasteiger partial charge in [0.2, 0.25) is 0 Å². The number of carbonyl (C=O) groups is 2. The molecule has 0 spiro atoms. The Kier molecular flexibility index (Phi) is 5.19. The van der Waals surface area contributed by atoms with E-state index in [-0.39, 0.29) is 10.6 Å². The van der Waals surface area contributed by atoms with E-state index in [0.717, 1.165) is 12.5 Å². The van der Waals surface area contributed by atoms with Crippen molar-refractivity contribution in [3.8, 4) is 11.5 Å². The summed E-state index contributed by atoms with van der Waals surface area (Å²) in [4.78, 5) is 24.1. The van der Waals surface area contributed by atoms with Crippen LogP contribution in [0.2, 0.25) is 5.02 Å². The summed E-state index contributed by atoms with van der Waals surface area (Å²) in [7, 11) is 0. The van der Waals surface area contributed by atoms with Gasteiger partial charge in [0.1, 0.15) is 5.82 Å². The van der Waals surface area contributed by atoms with Gasteiger partial charge in [0.25, 0.3) is 0 Å². The largest absolute Gasteiger partial charge is 0.490 e. The third-order valence-electron chi connectivity index (χ3n) is 3.55. The van der Waals surface area contributed by atoms with Crippen molar-refractivity contribution in [1.82, 2.24) is 0 Å². The van der Waals surface area contributed by atoms with E-state index >= 15 is 0 Å². The highest BCUT2D eigenvalue weighted by molar-refractivity contribution is 6.30. The quantitative estimate of drug-likeness (QED) is 0.611. The zero-order chi connectivity index (χ0) is 17.8. The van der Waals surface area contributed by atoms with Gasteiger partial charge in [-0.2, -0.15) is 0 Å². The number of rotatable bonds is 4. The molecule has 7 heteroatoms. The van der Waals surface area contributed by atoms with Crippen molar-refractivity contribution in [2.75, 3.05) is 19.8 Å². The molecule has 1 heterocycles. The predicted octanol–water partition coefficient (Wildman–Crippen LogP) is 3.68. The van der Waals surface area contributed by atoms with E-state index in [1.807, 2.05) is 0 Å². The molecule has 0 saturated heterocycles. The van der Waals surface area contributed by atoms with Crippen molar-refractivity contribution in [3.05, 3.63) is 58.4 Å². The van der Waals surface area contributed by atoms with Crippen molar-refractivity contribution < 1.29 is 28.2 Å². The first-order valence-electron chi connectivity index (χ1n) is 7.59. The minimum atomic E-state index is -0.933. The molecule has 0 unspecified atom stereocenters. The Balaban J connectivity index is 1.66. The Hall–Kier alpha value is -2.60. The van der Waals surface area contributed by atoms with Gasteiger partial charge in [0.15, 0.2) is 23.9 Å². The Labute approximate surface area is 148 Å². The van der Waals surface area contributed by atoms with E-state index in [9.17, 15) is 14.0 Å². The monoisotopic (exact) mass is 364 g/mol. The van der Waals surface area contributed by atoms with Gasteiger partial charge < -0.3 is 14.2 Å². The van der Waals surface area contributed by atoms with Crippen molar-refractivity contribution in [1.29, 1.82) is 0 Å². The predicted molar refractivity (Wildman–Crippen MR) is 88.1 cm³/mol. The van der Waals surface area contributed by atoms with Gasteiger partial charge in [0, 0.05) is 17.0 Å². The van der Waals surface area contributed by atoms with Gasteiger partial charge in [-0.1, -0.05) is 11.6 Å². The number of ether oxygens (including phenoxy) is 3. The van der Waals surface area contributed by atoms with E-state index in [4.69, 9.17) is 25.8 Å². The summed E-state index contributed by atoms with van der Waals surface area (Å²) in [6.45, 7) is 0.528. The molecule has 0 bridgehead atoms. The van der Waals surface area contributed by atoms with E-state index in [2.05, 4.69) is 0 Å². The number of fused-ring (bicyclic) bond motifs is 1. The highest BCUT2D eigenvalue weighted by atomic mass is 35.5. The molecule has 2 aromatic carbocycles. The molecule has 0 atom stereocenters. The molecule has 0 radical (unpaired) electrons. The fourth-order valence-corrected chi connectivity index (χ4v) is 2.44. The first-order chi connectivity index (χ1) is 12.0. The number of ketones is 1. The first kappa shape index (κ1) is 17.2. The van der Waals surface area contributed by atoms with Crippen LogP contribution in [0.15, 0.2) is 36.4 Å². The summed E-state index contributed by atoms with van der Waals surface area (Å²) in [5, 5.41) is 0.164. The van der Waals surface area contributed by atoms with E-state index in [1.54, 1.807) is 18.2 Å². The Morgan fingerprint density at radius 3 is 2.60 bits per heavy atom. The summed E-state index contributed by atoms with van der Waals surface area (Å²) in [5.74, 6) is -1.14. The molecule has 130 valence electrons. The summed E-state index contributed by atoms with van der Waals surface area (Å²) in [5.41, 5.74) is 0.0319. The number of carbonyl (C=O) groups excluding carboxylic acids is 2. The molecule has 0 saturated carbocycles. The Bertz CT molecular complexity index is 821. The van der Waals surface area contributed by atoms with Gasteiger partial charge in [-0.3, -0.25) is 4.79 Å². The Morgan fingerprint density at radius 2 is 1.84 bits per heavy atom. The van der Waals surface area contributed by atoms with Gasteiger partial charge in [-0.15, -0.1) is 0 Å². The molecule has 1 aliphatic heterocycles. The van der Waals surface area contributed by atoms with Gasteiger partial charge in [0.05, 0.1) is 18.8 Å². The molecule has 0 aliphatic carbocycles. The average Bonchev–Trinajstić information content (AvgIpc) is 2.84. The second-order valence-corrected chi connectivity index (χ2v) is 5.77. The molecule has 1 aliphatic rings. The topological polar surface area (TPSA) is 61.8 Å². The molecule has 0 aromatic heterocycles. The molecular weight excluding hydrogens is 351 g/mol. The maximum absolute atomic E-state index is 13.7. The van der Waals surface area contributed by atoms with E-state index < -0.39 is 24.2 Å². The first-order valence-corrected chi connectivity index (χ1v) is 7.97. The number of hydrogen-bond acceptors (Lipinski definition) is 5. The molecule has 3 rings (SSSR count). The van der Waals surface area contributed by atoms with Crippen LogP contribution in [0.25, 0.3) is 0 Å². The molecule has 25 heavy (non-hydrogen) atoms. The average molecular weight is 365 g/mol. The molecule has 0 amide bonds. The van der Waals surface area contributed by atoms with Crippen LogP contribution in [0.3, 0.4) is 0 Å². The van der Waals surface area contributed by atoms with Crippen LogP contribution in [-0.4, -0.2) is 31.6 Å². The van der Waals surface area contributed by atoms with Gasteiger partial charge >= 0.3 is 5.97 Å². The highest BCUT2D eigenvalue weighted by Gasteiger charge is 2.18. The molecular formula is C18H14ClFO5. The van der Waals surface area contributed by atoms with Crippen LogP contribution in [0.1, 0.15) is 27.1 Å². The van der Waals surface area contributed by atoms with Crippen molar-refractivity contribution in [3.63, 3.8) is 0 Å². The highest BCUT2D eigenvalue weighted by Crippen LogP contribution is 2.30. The second kappa shape index (κ2) is 7.53. The standard InChI is InChI=1S/C18H14ClFO5/c19-12-3-4-13(14(20)9-12)18(22)25-10-15(21)11-2-5-16-17(8-11)24-7-1-6-23-16/h2-5,8-9H,1,6-7,10H2. The number of Topliss-reactive ketones (excluding diaryl/α,β-unsaturated/α-hetero) is 1. The SMILES string of the molecule is O=C(COC(=O)c1ccc(Cl)cc1F)c1ccc2c(c1)OCCCO2. The van der Waals surface area contributed by atoms with Crippen molar-refractivity contribution >= 4 is 23.4 Å². The normalized spacial score (nSPS) is 13.0. The number of esters is 1. The van der Waals surface area contributed by atoms with Crippen LogP contribution in [0.5, 0.6) is 11.5 Å². The summed E-state index contributed by atoms with van der Waals surface area (Å²) in [6, 6.07) is 8.31. The zero-order valence-corrected chi connectivity index (χ0v) is 13.8. The Morgan fingerprint density at radius 1 is 1.08 bits per heavy atom. The minimum Gasteiger partial charge on any atom is -0.490 e. The molecule has 0 fully saturated rings. The summed E-state index contributed by atoms with van der Waals surface area (Å²) in [6.07, 6.45) is 0.752. The van der Waals surface area contributed by atoms with Crippen molar-refractivity contribution in [2.24, 2.45) is 0 Å². The minimum absolute atomic E-state index is 0.164. The number of benzene rings is 2. The lowest BCUT2D eigenvalue weighted by atomic mass is 10.1. The van der Waals surface area contributed by atoms with Crippen LogP contribution in [0, 0.1) is 5.82 Å². The number of halogens is 2.